The van der Waals surface area contributed by atoms with Gasteiger partial charge in [0, 0.05) is 12.3 Å². The molecular formula is C13H19FN2O3. The second-order valence-corrected chi connectivity index (χ2v) is 3.84. The molecule has 0 aromatic heterocycles. The van der Waals surface area contributed by atoms with Crippen molar-refractivity contribution in [2.75, 3.05) is 37.5 Å². The van der Waals surface area contributed by atoms with E-state index in [1.807, 2.05) is 6.92 Å². The minimum absolute atomic E-state index is 0.00534. The van der Waals surface area contributed by atoms with E-state index >= 15 is 0 Å². The SMILES string of the molecule is CCOCCOCCC(=O)Nc1ccc(F)c(N)c1. The molecule has 1 rings (SSSR count). The van der Waals surface area contributed by atoms with Gasteiger partial charge in [-0.25, -0.2) is 4.39 Å². The summed E-state index contributed by atoms with van der Waals surface area (Å²) in [7, 11) is 0. The van der Waals surface area contributed by atoms with Crippen LogP contribution in [0, 0.1) is 5.82 Å². The van der Waals surface area contributed by atoms with Crippen molar-refractivity contribution in [3.63, 3.8) is 0 Å². The molecule has 0 unspecified atom stereocenters. The third-order valence-corrected chi connectivity index (χ3v) is 2.33. The molecule has 19 heavy (non-hydrogen) atoms. The molecule has 0 radical (unpaired) electrons. The quantitative estimate of drug-likeness (QED) is 0.558. The first-order chi connectivity index (χ1) is 9.13. The van der Waals surface area contributed by atoms with Crippen molar-refractivity contribution in [1.82, 2.24) is 0 Å². The van der Waals surface area contributed by atoms with Gasteiger partial charge in [0.15, 0.2) is 0 Å². The highest BCUT2D eigenvalue weighted by molar-refractivity contribution is 5.91. The van der Waals surface area contributed by atoms with Crippen LogP contribution < -0.4 is 11.1 Å². The minimum Gasteiger partial charge on any atom is -0.396 e. The van der Waals surface area contributed by atoms with E-state index in [-0.39, 0.29) is 18.0 Å². The van der Waals surface area contributed by atoms with Gasteiger partial charge in [0.2, 0.25) is 5.91 Å². The summed E-state index contributed by atoms with van der Waals surface area (Å²) >= 11 is 0. The van der Waals surface area contributed by atoms with Crippen LogP contribution in [0.2, 0.25) is 0 Å². The fourth-order valence-corrected chi connectivity index (χ4v) is 1.37. The van der Waals surface area contributed by atoms with Crippen LogP contribution in [0.5, 0.6) is 0 Å². The maximum absolute atomic E-state index is 12.9. The molecule has 0 heterocycles. The molecule has 6 heteroatoms. The Kier molecular flexibility index (Phi) is 6.84. The zero-order valence-electron chi connectivity index (χ0n) is 10.9. The van der Waals surface area contributed by atoms with Crippen LogP contribution in [0.4, 0.5) is 15.8 Å². The number of halogens is 1. The third-order valence-electron chi connectivity index (χ3n) is 2.33. The van der Waals surface area contributed by atoms with Crippen LogP contribution >= 0.6 is 0 Å². The van der Waals surface area contributed by atoms with E-state index < -0.39 is 5.82 Å². The first-order valence-corrected chi connectivity index (χ1v) is 6.14. The van der Waals surface area contributed by atoms with Crippen LogP contribution in [-0.2, 0) is 14.3 Å². The molecule has 1 amide bonds. The molecule has 0 atom stereocenters. The second-order valence-electron chi connectivity index (χ2n) is 3.84. The van der Waals surface area contributed by atoms with E-state index in [0.29, 0.717) is 32.1 Å². The van der Waals surface area contributed by atoms with E-state index in [1.54, 1.807) is 0 Å². The fraction of sp³-hybridized carbons (Fsp3) is 0.462. The Morgan fingerprint density at radius 3 is 2.74 bits per heavy atom. The van der Waals surface area contributed by atoms with Gasteiger partial charge < -0.3 is 20.5 Å². The lowest BCUT2D eigenvalue weighted by Crippen LogP contribution is -2.15. The molecule has 0 aliphatic rings. The highest BCUT2D eigenvalue weighted by Gasteiger charge is 2.04. The molecule has 0 aliphatic heterocycles. The lowest BCUT2D eigenvalue weighted by atomic mass is 10.2. The summed E-state index contributed by atoms with van der Waals surface area (Å²) in [6.07, 6.45) is 0.226. The summed E-state index contributed by atoms with van der Waals surface area (Å²) in [5.41, 5.74) is 5.88. The topological polar surface area (TPSA) is 73.6 Å². The lowest BCUT2D eigenvalue weighted by molar-refractivity contribution is -0.117. The first-order valence-electron chi connectivity index (χ1n) is 6.14. The predicted octanol–water partition coefficient (Wildman–Crippen LogP) is 1.79. The summed E-state index contributed by atoms with van der Waals surface area (Å²) in [6, 6.07) is 4.05. The molecule has 106 valence electrons. The molecule has 1 aromatic carbocycles. The molecule has 0 spiro atoms. The Labute approximate surface area is 111 Å². The number of carbonyl (C=O) groups excluding carboxylic acids is 1. The normalized spacial score (nSPS) is 10.4. The van der Waals surface area contributed by atoms with Crippen molar-refractivity contribution in [2.24, 2.45) is 0 Å². The van der Waals surface area contributed by atoms with Gasteiger partial charge in [0.25, 0.3) is 0 Å². The molecule has 0 aliphatic carbocycles. The molecule has 0 fully saturated rings. The molecule has 5 nitrogen and oxygen atoms in total. The fourth-order valence-electron chi connectivity index (χ4n) is 1.37. The van der Waals surface area contributed by atoms with Gasteiger partial charge in [-0.1, -0.05) is 0 Å². The minimum atomic E-state index is -0.503. The van der Waals surface area contributed by atoms with Gasteiger partial charge in [-0.05, 0) is 25.1 Å². The third kappa shape index (κ3) is 6.17. The monoisotopic (exact) mass is 270 g/mol. The average Bonchev–Trinajstić information content (AvgIpc) is 2.38. The zero-order valence-corrected chi connectivity index (χ0v) is 10.9. The van der Waals surface area contributed by atoms with Crippen LogP contribution in [0.15, 0.2) is 18.2 Å². The summed E-state index contributed by atoms with van der Waals surface area (Å²) < 4.78 is 23.2. The largest absolute Gasteiger partial charge is 0.396 e. The van der Waals surface area contributed by atoms with Gasteiger partial charge in [-0.2, -0.15) is 0 Å². The standard InChI is InChI=1S/C13H19FN2O3/c1-2-18-7-8-19-6-5-13(17)16-10-3-4-11(14)12(15)9-10/h3-4,9H,2,5-8,15H2,1H3,(H,16,17). The Bertz CT molecular complexity index is 413. The van der Waals surface area contributed by atoms with Crippen molar-refractivity contribution in [3.05, 3.63) is 24.0 Å². The van der Waals surface area contributed by atoms with E-state index in [4.69, 9.17) is 15.2 Å². The van der Waals surface area contributed by atoms with E-state index in [1.165, 1.54) is 18.2 Å². The summed E-state index contributed by atoms with van der Waals surface area (Å²) in [5, 5.41) is 2.62. The van der Waals surface area contributed by atoms with E-state index in [0.717, 1.165) is 0 Å². The number of nitrogens with two attached hydrogens (primary N) is 1. The summed E-state index contributed by atoms with van der Waals surface area (Å²) in [4.78, 5) is 11.5. The van der Waals surface area contributed by atoms with Gasteiger partial charge >= 0.3 is 0 Å². The number of rotatable bonds is 8. The number of nitrogens with one attached hydrogen (secondary N) is 1. The van der Waals surface area contributed by atoms with E-state index in [9.17, 15) is 9.18 Å². The molecule has 0 saturated carbocycles. The van der Waals surface area contributed by atoms with Crippen molar-refractivity contribution in [3.8, 4) is 0 Å². The van der Waals surface area contributed by atoms with Crippen LogP contribution in [0.25, 0.3) is 0 Å². The summed E-state index contributed by atoms with van der Waals surface area (Å²) in [6.45, 7) is 3.85. The second kappa shape index (κ2) is 8.44. The Balaban J connectivity index is 2.21. The number of ether oxygens (including phenoxy) is 2. The van der Waals surface area contributed by atoms with Gasteiger partial charge in [0.05, 0.1) is 31.9 Å². The van der Waals surface area contributed by atoms with Crippen LogP contribution in [0.3, 0.4) is 0 Å². The Morgan fingerprint density at radius 2 is 2.05 bits per heavy atom. The highest BCUT2D eigenvalue weighted by atomic mass is 19.1. The maximum Gasteiger partial charge on any atom is 0.226 e. The number of hydrogen-bond acceptors (Lipinski definition) is 4. The molecule has 3 N–H and O–H groups in total. The van der Waals surface area contributed by atoms with Crippen molar-refractivity contribution >= 4 is 17.3 Å². The molecule has 1 aromatic rings. The first kappa shape index (κ1) is 15.4. The molecule has 0 bridgehead atoms. The lowest BCUT2D eigenvalue weighted by Gasteiger charge is -2.07. The highest BCUT2D eigenvalue weighted by Crippen LogP contribution is 2.16. The molecule has 0 saturated heterocycles. The number of hydrogen-bond donors (Lipinski definition) is 2. The zero-order chi connectivity index (χ0) is 14.1. The van der Waals surface area contributed by atoms with E-state index in [2.05, 4.69) is 5.32 Å². The van der Waals surface area contributed by atoms with Crippen LogP contribution in [0.1, 0.15) is 13.3 Å². The number of carbonyl (C=O) groups is 1. The number of nitrogen functional groups attached to an aromatic ring is 1. The predicted molar refractivity (Wildman–Crippen MR) is 71.4 cm³/mol. The summed E-state index contributed by atoms with van der Waals surface area (Å²) in [5.74, 6) is -0.709. The van der Waals surface area contributed by atoms with Crippen molar-refractivity contribution in [1.29, 1.82) is 0 Å². The maximum atomic E-state index is 12.9. The Hall–Kier alpha value is -1.66. The number of benzene rings is 1. The van der Waals surface area contributed by atoms with Crippen molar-refractivity contribution in [2.45, 2.75) is 13.3 Å². The van der Waals surface area contributed by atoms with Crippen molar-refractivity contribution < 1.29 is 18.7 Å². The van der Waals surface area contributed by atoms with Crippen LogP contribution in [-0.4, -0.2) is 32.3 Å². The van der Waals surface area contributed by atoms with Gasteiger partial charge in [-0.15, -0.1) is 0 Å². The van der Waals surface area contributed by atoms with Gasteiger partial charge in [-0.3, -0.25) is 4.79 Å². The molecular weight excluding hydrogens is 251 g/mol. The Morgan fingerprint density at radius 1 is 1.32 bits per heavy atom. The number of amides is 1. The average molecular weight is 270 g/mol. The van der Waals surface area contributed by atoms with Gasteiger partial charge in [0.1, 0.15) is 5.82 Å². The smallest absolute Gasteiger partial charge is 0.226 e. The number of anilines is 2.